The minimum atomic E-state index is -1.27. The standard InChI is InChI=1S/C16H10N2O3S2/c19-14-13(8-10-2-1-7-17-9-10)23-16(22)18(14)12-5-3-11(4-6-12)15(20)21/h1-9H,(H,20,21)/p-1/b13-8-. The molecule has 0 bridgehead atoms. The Bertz CT molecular complexity index is 817. The van der Waals surface area contributed by atoms with Gasteiger partial charge in [-0.25, -0.2) is 0 Å². The number of hydrogen-bond donors (Lipinski definition) is 0. The van der Waals surface area contributed by atoms with E-state index < -0.39 is 5.97 Å². The van der Waals surface area contributed by atoms with Crippen molar-refractivity contribution >= 4 is 51.9 Å². The number of rotatable bonds is 3. The summed E-state index contributed by atoms with van der Waals surface area (Å²) in [6, 6.07) is 9.45. The molecule has 0 spiro atoms. The summed E-state index contributed by atoms with van der Waals surface area (Å²) in [5.74, 6) is -1.51. The number of aromatic nitrogens is 1. The van der Waals surface area contributed by atoms with Gasteiger partial charge < -0.3 is 9.90 Å². The van der Waals surface area contributed by atoms with Crippen LogP contribution in [0.2, 0.25) is 0 Å². The van der Waals surface area contributed by atoms with Crippen LogP contribution in [0, 0.1) is 0 Å². The van der Waals surface area contributed by atoms with Crippen LogP contribution < -0.4 is 10.0 Å². The minimum absolute atomic E-state index is 0.0464. The number of anilines is 1. The van der Waals surface area contributed by atoms with Gasteiger partial charge in [0.2, 0.25) is 0 Å². The SMILES string of the molecule is O=C([O-])c1ccc(N2C(=O)/C(=C/c3cccnc3)SC2=S)cc1. The monoisotopic (exact) mass is 341 g/mol. The third kappa shape index (κ3) is 3.15. The lowest BCUT2D eigenvalue weighted by molar-refractivity contribution is -0.255. The van der Waals surface area contributed by atoms with E-state index in [1.807, 2.05) is 6.07 Å². The van der Waals surface area contributed by atoms with Crippen molar-refractivity contribution < 1.29 is 14.7 Å². The molecular formula is C16H9N2O3S2-. The van der Waals surface area contributed by atoms with Crippen molar-refractivity contribution in [1.29, 1.82) is 0 Å². The third-order valence-corrected chi connectivity index (χ3v) is 4.44. The fraction of sp³-hybridized carbons (Fsp3) is 0. The van der Waals surface area contributed by atoms with E-state index in [0.717, 1.165) is 5.56 Å². The Kier molecular flexibility index (Phi) is 4.22. The molecule has 2 heterocycles. The number of aromatic carboxylic acids is 1. The second kappa shape index (κ2) is 6.31. The van der Waals surface area contributed by atoms with Gasteiger partial charge >= 0.3 is 0 Å². The lowest BCUT2D eigenvalue weighted by Crippen LogP contribution is -2.28. The Morgan fingerprint density at radius 3 is 2.61 bits per heavy atom. The molecule has 1 aromatic heterocycles. The predicted octanol–water partition coefficient (Wildman–Crippen LogP) is 1.85. The van der Waals surface area contributed by atoms with Gasteiger partial charge in [-0.05, 0) is 35.4 Å². The molecular weight excluding hydrogens is 332 g/mol. The average molecular weight is 341 g/mol. The summed E-state index contributed by atoms with van der Waals surface area (Å²) in [5, 5.41) is 10.8. The summed E-state index contributed by atoms with van der Waals surface area (Å²) in [6.07, 6.45) is 5.03. The van der Waals surface area contributed by atoms with E-state index in [2.05, 4.69) is 4.98 Å². The van der Waals surface area contributed by atoms with Gasteiger partial charge in [0.05, 0.1) is 16.6 Å². The van der Waals surface area contributed by atoms with Crippen molar-refractivity contribution in [2.24, 2.45) is 0 Å². The van der Waals surface area contributed by atoms with Crippen molar-refractivity contribution in [3.8, 4) is 0 Å². The largest absolute Gasteiger partial charge is 0.545 e. The zero-order chi connectivity index (χ0) is 16.4. The van der Waals surface area contributed by atoms with Gasteiger partial charge in [-0.3, -0.25) is 14.7 Å². The highest BCUT2D eigenvalue weighted by Crippen LogP contribution is 2.35. The van der Waals surface area contributed by atoms with Crippen molar-refractivity contribution in [3.63, 3.8) is 0 Å². The van der Waals surface area contributed by atoms with E-state index in [1.54, 1.807) is 24.5 Å². The lowest BCUT2D eigenvalue weighted by atomic mass is 10.2. The smallest absolute Gasteiger partial charge is 0.270 e. The first kappa shape index (κ1) is 15.4. The maximum absolute atomic E-state index is 12.5. The fourth-order valence-corrected chi connectivity index (χ4v) is 3.35. The first-order chi connectivity index (χ1) is 11.1. The van der Waals surface area contributed by atoms with Gasteiger partial charge in [-0.1, -0.05) is 42.2 Å². The highest BCUT2D eigenvalue weighted by atomic mass is 32.2. The fourth-order valence-electron chi connectivity index (χ4n) is 2.05. The molecule has 1 fully saturated rings. The van der Waals surface area contributed by atoms with Crippen LogP contribution in [-0.4, -0.2) is 21.2 Å². The topological polar surface area (TPSA) is 73.3 Å². The second-order valence-corrected chi connectivity index (χ2v) is 6.31. The highest BCUT2D eigenvalue weighted by molar-refractivity contribution is 8.27. The van der Waals surface area contributed by atoms with E-state index in [1.165, 1.54) is 40.9 Å². The van der Waals surface area contributed by atoms with Crippen LogP contribution in [0.25, 0.3) is 6.08 Å². The first-order valence-corrected chi connectivity index (χ1v) is 7.78. The van der Waals surface area contributed by atoms with E-state index in [4.69, 9.17) is 12.2 Å². The molecule has 1 aliphatic rings. The summed E-state index contributed by atoms with van der Waals surface area (Å²) in [6.45, 7) is 0. The number of carbonyl (C=O) groups excluding carboxylic acids is 2. The number of thioether (sulfide) groups is 1. The first-order valence-electron chi connectivity index (χ1n) is 6.55. The molecule has 0 aliphatic carbocycles. The average Bonchev–Trinajstić information content (AvgIpc) is 2.82. The quantitative estimate of drug-likeness (QED) is 0.627. The van der Waals surface area contributed by atoms with Gasteiger partial charge in [0, 0.05) is 12.4 Å². The number of carbonyl (C=O) groups is 2. The Morgan fingerprint density at radius 1 is 1.26 bits per heavy atom. The molecule has 1 aromatic carbocycles. The number of nitrogens with zero attached hydrogens (tertiary/aromatic N) is 2. The molecule has 3 rings (SSSR count). The predicted molar refractivity (Wildman–Crippen MR) is 90.7 cm³/mol. The Hall–Kier alpha value is -2.51. The maximum atomic E-state index is 12.5. The van der Waals surface area contributed by atoms with E-state index in [9.17, 15) is 14.7 Å². The summed E-state index contributed by atoms with van der Waals surface area (Å²) in [7, 11) is 0. The molecule has 1 saturated heterocycles. The molecule has 1 aliphatic heterocycles. The molecule has 1 amide bonds. The maximum Gasteiger partial charge on any atom is 0.270 e. The zero-order valence-corrected chi connectivity index (χ0v) is 13.3. The molecule has 0 saturated carbocycles. The van der Waals surface area contributed by atoms with Crippen molar-refractivity contribution in [2.45, 2.75) is 0 Å². The Labute approximate surface area is 141 Å². The molecule has 0 radical (unpaired) electrons. The number of thiocarbonyl (C=S) groups is 1. The van der Waals surface area contributed by atoms with Gasteiger partial charge in [0.1, 0.15) is 0 Å². The second-order valence-electron chi connectivity index (χ2n) is 4.64. The van der Waals surface area contributed by atoms with E-state index in [0.29, 0.717) is 14.9 Å². The number of amides is 1. The van der Waals surface area contributed by atoms with Crippen LogP contribution in [0.5, 0.6) is 0 Å². The molecule has 114 valence electrons. The normalized spacial score (nSPS) is 16.2. The lowest BCUT2D eigenvalue weighted by Gasteiger charge is -2.15. The zero-order valence-electron chi connectivity index (χ0n) is 11.6. The molecule has 0 N–H and O–H groups in total. The van der Waals surface area contributed by atoms with Crippen LogP contribution in [0.4, 0.5) is 5.69 Å². The molecule has 0 atom stereocenters. The molecule has 5 nitrogen and oxygen atoms in total. The third-order valence-electron chi connectivity index (χ3n) is 3.14. The number of hydrogen-bond acceptors (Lipinski definition) is 6. The van der Waals surface area contributed by atoms with Crippen LogP contribution in [-0.2, 0) is 4.79 Å². The number of carboxylic acids is 1. The van der Waals surface area contributed by atoms with Gasteiger partial charge in [0.25, 0.3) is 5.91 Å². The molecule has 2 aromatic rings. The van der Waals surface area contributed by atoms with Gasteiger partial charge in [0.15, 0.2) is 4.32 Å². The summed E-state index contributed by atoms with van der Waals surface area (Å²) in [5.41, 5.74) is 1.37. The molecule has 0 unspecified atom stereocenters. The van der Waals surface area contributed by atoms with Gasteiger partial charge in [-0.15, -0.1) is 0 Å². The minimum Gasteiger partial charge on any atom is -0.545 e. The van der Waals surface area contributed by atoms with E-state index in [-0.39, 0.29) is 11.5 Å². The van der Waals surface area contributed by atoms with Crippen LogP contribution in [0.1, 0.15) is 15.9 Å². The highest BCUT2D eigenvalue weighted by Gasteiger charge is 2.33. The number of benzene rings is 1. The summed E-state index contributed by atoms with van der Waals surface area (Å²) < 4.78 is 0.395. The van der Waals surface area contributed by atoms with E-state index >= 15 is 0 Å². The van der Waals surface area contributed by atoms with Crippen molar-refractivity contribution in [2.75, 3.05) is 4.90 Å². The van der Waals surface area contributed by atoms with Gasteiger partial charge in [-0.2, -0.15) is 0 Å². The van der Waals surface area contributed by atoms with Crippen LogP contribution >= 0.6 is 24.0 Å². The van der Waals surface area contributed by atoms with Crippen molar-refractivity contribution in [3.05, 3.63) is 64.8 Å². The van der Waals surface area contributed by atoms with Crippen molar-refractivity contribution in [1.82, 2.24) is 4.98 Å². The Balaban J connectivity index is 1.90. The molecule has 7 heteroatoms. The van der Waals surface area contributed by atoms with Crippen LogP contribution in [0.15, 0.2) is 53.7 Å². The Morgan fingerprint density at radius 2 is 2.00 bits per heavy atom. The summed E-state index contributed by atoms with van der Waals surface area (Å²) >= 11 is 6.45. The number of pyridine rings is 1. The molecule has 23 heavy (non-hydrogen) atoms. The summed E-state index contributed by atoms with van der Waals surface area (Å²) in [4.78, 5) is 29.2. The number of carboxylic acid groups (broad SMARTS) is 1. The van der Waals surface area contributed by atoms with Crippen LogP contribution in [0.3, 0.4) is 0 Å².